The molecule has 1 N–H and O–H groups in total. The maximum atomic E-state index is 13.6. The Morgan fingerprint density at radius 1 is 1.03 bits per heavy atom. The Balaban J connectivity index is 1.75. The fourth-order valence-electron chi connectivity index (χ4n) is 3.88. The van der Waals surface area contributed by atoms with E-state index in [9.17, 15) is 9.59 Å². The van der Waals surface area contributed by atoms with Crippen LogP contribution in [-0.4, -0.2) is 27.5 Å². The van der Waals surface area contributed by atoms with Gasteiger partial charge in [-0.25, -0.2) is 9.78 Å². The van der Waals surface area contributed by atoms with E-state index in [2.05, 4.69) is 21.2 Å². The molecule has 33 heavy (non-hydrogen) atoms. The maximum absolute atomic E-state index is 13.6. The molecule has 1 atom stereocenters. The number of nitrogens with zero attached hydrogens (tertiary/aromatic N) is 3. The van der Waals surface area contributed by atoms with Gasteiger partial charge in [0.1, 0.15) is 5.82 Å². The number of hydrogen-bond donors (Lipinski definition) is 1. The molecule has 4 rings (SSSR count). The van der Waals surface area contributed by atoms with Gasteiger partial charge in [-0.2, -0.15) is 0 Å². The van der Waals surface area contributed by atoms with Crippen molar-refractivity contribution in [3.63, 3.8) is 0 Å². The smallest absolute Gasteiger partial charge is 0.318 e. The molecule has 6 nitrogen and oxygen atoms in total. The van der Waals surface area contributed by atoms with E-state index in [0.717, 1.165) is 10.0 Å². The van der Waals surface area contributed by atoms with E-state index in [1.165, 1.54) is 0 Å². The van der Waals surface area contributed by atoms with Gasteiger partial charge in [0, 0.05) is 18.1 Å². The van der Waals surface area contributed by atoms with Crippen LogP contribution in [0.15, 0.2) is 88.1 Å². The lowest BCUT2D eigenvalue weighted by Crippen LogP contribution is -2.41. The predicted molar refractivity (Wildman–Crippen MR) is 135 cm³/mol. The first-order valence-electron chi connectivity index (χ1n) is 10.8. The highest BCUT2D eigenvalue weighted by molar-refractivity contribution is 9.10. The summed E-state index contributed by atoms with van der Waals surface area (Å²) in [6, 6.07) is 23.9. The summed E-state index contributed by atoms with van der Waals surface area (Å²) >= 11 is 3.45. The number of carbonyl (C=O) groups is 1. The second kappa shape index (κ2) is 10.0. The normalized spacial score (nSPS) is 11.8. The third-order valence-corrected chi connectivity index (χ3v) is 6.17. The van der Waals surface area contributed by atoms with Crippen LogP contribution in [0.1, 0.15) is 30.8 Å². The summed E-state index contributed by atoms with van der Waals surface area (Å²) in [5.41, 5.74) is 2.17. The Kier molecular flexibility index (Phi) is 6.89. The number of fused-ring (bicyclic) bond motifs is 1. The molecule has 168 valence electrons. The van der Waals surface area contributed by atoms with Crippen molar-refractivity contribution in [3.8, 4) is 5.69 Å². The van der Waals surface area contributed by atoms with Crippen LogP contribution >= 0.6 is 15.9 Å². The van der Waals surface area contributed by atoms with Crippen LogP contribution in [-0.2, 0) is 6.54 Å². The van der Waals surface area contributed by atoms with Gasteiger partial charge < -0.3 is 10.2 Å². The van der Waals surface area contributed by atoms with Crippen LogP contribution in [0, 0.1) is 0 Å². The largest absolute Gasteiger partial charge is 0.334 e. The fourth-order valence-corrected chi connectivity index (χ4v) is 4.15. The molecule has 1 heterocycles. The van der Waals surface area contributed by atoms with E-state index >= 15 is 0 Å². The van der Waals surface area contributed by atoms with Crippen LogP contribution in [0.3, 0.4) is 0 Å². The van der Waals surface area contributed by atoms with Gasteiger partial charge in [0.2, 0.25) is 0 Å². The highest BCUT2D eigenvalue weighted by atomic mass is 79.9. The number of benzene rings is 3. The highest BCUT2D eigenvalue weighted by Gasteiger charge is 2.26. The van der Waals surface area contributed by atoms with Gasteiger partial charge in [0.25, 0.3) is 5.56 Å². The summed E-state index contributed by atoms with van der Waals surface area (Å²) in [4.78, 5) is 33.1. The molecule has 0 radical (unpaired) electrons. The van der Waals surface area contributed by atoms with Crippen molar-refractivity contribution < 1.29 is 4.79 Å². The first kappa shape index (κ1) is 22.7. The number of urea groups is 1. The number of nitrogens with one attached hydrogen (secondary N) is 1. The van der Waals surface area contributed by atoms with Gasteiger partial charge in [0.15, 0.2) is 0 Å². The fraction of sp³-hybridized carbons (Fsp3) is 0.192. The summed E-state index contributed by atoms with van der Waals surface area (Å²) in [5.74, 6) is 0.529. The maximum Gasteiger partial charge on any atom is 0.318 e. The zero-order valence-electron chi connectivity index (χ0n) is 18.5. The molecule has 1 unspecified atom stereocenters. The van der Waals surface area contributed by atoms with Crippen molar-refractivity contribution in [2.75, 3.05) is 7.05 Å². The van der Waals surface area contributed by atoms with Gasteiger partial charge in [-0.1, -0.05) is 65.3 Å². The van der Waals surface area contributed by atoms with Gasteiger partial charge >= 0.3 is 6.03 Å². The number of amides is 2. The molecule has 0 aliphatic rings. The van der Waals surface area contributed by atoms with E-state index in [1.807, 2.05) is 79.7 Å². The summed E-state index contributed by atoms with van der Waals surface area (Å²) < 4.78 is 2.53. The van der Waals surface area contributed by atoms with Crippen LogP contribution in [0.25, 0.3) is 16.6 Å². The van der Waals surface area contributed by atoms with Crippen molar-refractivity contribution in [2.45, 2.75) is 25.9 Å². The average Bonchev–Trinajstić information content (AvgIpc) is 2.84. The SMILES string of the molecule is CCC(c1nc2ccccc2c(=O)n1-c1ccc(Br)cc1)N(C)C(=O)NCc1ccccc1. The minimum atomic E-state index is -0.401. The summed E-state index contributed by atoms with van der Waals surface area (Å²) in [7, 11) is 1.74. The topological polar surface area (TPSA) is 67.2 Å². The lowest BCUT2D eigenvalue weighted by atomic mass is 10.1. The number of para-hydroxylation sites is 1. The molecule has 1 aromatic heterocycles. The van der Waals surface area contributed by atoms with E-state index in [0.29, 0.717) is 35.4 Å². The first-order chi connectivity index (χ1) is 16.0. The third kappa shape index (κ3) is 4.83. The molecule has 2 amide bonds. The molecule has 0 saturated carbocycles. The molecule has 3 aromatic carbocycles. The standard InChI is InChI=1S/C26H25BrN4O2/c1-3-23(30(2)26(33)28-17-18-9-5-4-6-10-18)24-29-22-12-8-7-11-21(22)25(32)31(24)20-15-13-19(27)14-16-20/h4-16,23H,3,17H2,1-2H3,(H,28,33). The van der Waals surface area contributed by atoms with Crippen LogP contribution < -0.4 is 10.9 Å². The Labute approximate surface area is 201 Å². The van der Waals surface area contributed by atoms with Crippen LogP contribution in [0.2, 0.25) is 0 Å². The van der Waals surface area contributed by atoms with Crippen molar-refractivity contribution >= 4 is 32.9 Å². The van der Waals surface area contributed by atoms with E-state index in [1.54, 1.807) is 22.6 Å². The van der Waals surface area contributed by atoms with Gasteiger partial charge in [-0.3, -0.25) is 9.36 Å². The second-order valence-corrected chi connectivity index (χ2v) is 8.70. The summed E-state index contributed by atoms with van der Waals surface area (Å²) in [6.45, 7) is 2.41. The van der Waals surface area contributed by atoms with Crippen molar-refractivity contribution in [3.05, 3.63) is 105 Å². The number of aromatic nitrogens is 2. The predicted octanol–water partition coefficient (Wildman–Crippen LogP) is 5.44. The minimum Gasteiger partial charge on any atom is -0.334 e. The molecule has 4 aromatic rings. The molecule has 7 heteroatoms. The molecule has 0 saturated heterocycles. The molecular formula is C26H25BrN4O2. The van der Waals surface area contributed by atoms with Crippen LogP contribution in [0.5, 0.6) is 0 Å². The molecule has 0 fully saturated rings. The second-order valence-electron chi connectivity index (χ2n) is 7.78. The van der Waals surface area contributed by atoms with Crippen molar-refractivity contribution in [1.82, 2.24) is 19.8 Å². The lowest BCUT2D eigenvalue weighted by Gasteiger charge is -2.29. The van der Waals surface area contributed by atoms with E-state index in [4.69, 9.17) is 4.98 Å². The number of halogens is 1. The summed E-state index contributed by atoms with van der Waals surface area (Å²) in [5, 5.41) is 3.50. The van der Waals surface area contributed by atoms with Gasteiger partial charge in [-0.15, -0.1) is 0 Å². The van der Waals surface area contributed by atoms with Crippen molar-refractivity contribution in [2.24, 2.45) is 0 Å². The Morgan fingerprint density at radius 2 is 1.70 bits per heavy atom. The summed E-state index contributed by atoms with van der Waals surface area (Å²) in [6.07, 6.45) is 0.594. The van der Waals surface area contributed by atoms with E-state index in [-0.39, 0.29) is 11.6 Å². The Hall–Kier alpha value is -3.45. The zero-order valence-corrected chi connectivity index (χ0v) is 20.1. The van der Waals surface area contributed by atoms with Gasteiger partial charge in [-0.05, 0) is 48.4 Å². The van der Waals surface area contributed by atoms with Gasteiger partial charge in [0.05, 0.1) is 22.6 Å². The molecule has 0 bridgehead atoms. The molecule has 0 spiro atoms. The molecule has 0 aliphatic carbocycles. The lowest BCUT2D eigenvalue weighted by molar-refractivity contribution is 0.185. The number of carbonyl (C=O) groups excluding carboxylic acids is 1. The molecule has 0 aliphatic heterocycles. The minimum absolute atomic E-state index is 0.158. The Bertz CT molecular complexity index is 1320. The van der Waals surface area contributed by atoms with Crippen LogP contribution in [0.4, 0.5) is 4.79 Å². The van der Waals surface area contributed by atoms with Crippen molar-refractivity contribution in [1.29, 1.82) is 0 Å². The highest BCUT2D eigenvalue weighted by Crippen LogP contribution is 2.25. The molecular weight excluding hydrogens is 480 g/mol. The Morgan fingerprint density at radius 3 is 2.39 bits per heavy atom. The first-order valence-corrected chi connectivity index (χ1v) is 11.6. The zero-order chi connectivity index (χ0) is 23.4. The number of rotatable bonds is 6. The average molecular weight is 505 g/mol. The third-order valence-electron chi connectivity index (χ3n) is 5.65. The quantitative estimate of drug-likeness (QED) is 0.380. The number of hydrogen-bond acceptors (Lipinski definition) is 3. The van der Waals surface area contributed by atoms with E-state index < -0.39 is 6.04 Å². The monoisotopic (exact) mass is 504 g/mol.